The van der Waals surface area contributed by atoms with Gasteiger partial charge in [0.15, 0.2) is 4.96 Å². The predicted octanol–water partition coefficient (Wildman–Crippen LogP) is 5.40. The number of nitrogens with zero attached hydrogens (tertiary/aromatic N) is 2. The van der Waals surface area contributed by atoms with E-state index in [-0.39, 0.29) is 5.56 Å². The summed E-state index contributed by atoms with van der Waals surface area (Å²) in [6.07, 6.45) is 1.92. The summed E-state index contributed by atoms with van der Waals surface area (Å²) in [5.74, 6) is 0. The van der Waals surface area contributed by atoms with Gasteiger partial charge in [-0.05, 0) is 23.8 Å². The number of imidazole rings is 1. The molecule has 0 amide bonds. The second kappa shape index (κ2) is 7.43. The molecule has 0 N–H and O–H groups in total. The highest BCUT2D eigenvalue weighted by atomic mass is 79.9. The summed E-state index contributed by atoms with van der Waals surface area (Å²) >= 11 is 4.87. The van der Waals surface area contributed by atoms with Crippen LogP contribution in [0, 0.1) is 0 Å². The van der Waals surface area contributed by atoms with Gasteiger partial charge in [0.1, 0.15) is 0 Å². The normalized spacial score (nSPS) is 12.0. The van der Waals surface area contributed by atoms with Gasteiger partial charge in [0.25, 0.3) is 5.56 Å². The lowest BCUT2D eigenvalue weighted by Gasteiger charge is -2.04. The Morgan fingerprint density at radius 3 is 2.10 bits per heavy atom. The van der Waals surface area contributed by atoms with Crippen LogP contribution in [0.5, 0.6) is 0 Å². The third-order valence-electron chi connectivity index (χ3n) is 4.72. The zero-order valence-corrected chi connectivity index (χ0v) is 17.7. The minimum absolute atomic E-state index is 0.0403. The zero-order valence-electron chi connectivity index (χ0n) is 15.2. The van der Waals surface area contributed by atoms with E-state index in [1.807, 2.05) is 91.0 Å². The molecule has 3 nitrogen and oxygen atoms in total. The Bertz CT molecular complexity index is 1410. The number of fused-ring (bicyclic) bond motifs is 1. The Morgan fingerprint density at radius 2 is 1.45 bits per heavy atom. The zero-order chi connectivity index (χ0) is 19.8. The number of benzene rings is 3. The molecule has 5 aromatic rings. The summed E-state index contributed by atoms with van der Waals surface area (Å²) in [4.78, 5) is 18.9. The van der Waals surface area contributed by atoms with Crippen molar-refractivity contribution in [1.82, 2.24) is 9.38 Å². The number of hydrogen-bond acceptors (Lipinski definition) is 3. The van der Waals surface area contributed by atoms with Gasteiger partial charge in [-0.25, -0.2) is 9.38 Å². The summed E-state index contributed by atoms with van der Waals surface area (Å²) < 4.78 is 3.43. The second-order valence-electron chi connectivity index (χ2n) is 6.63. The fourth-order valence-electron chi connectivity index (χ4n) is 3.37. The Morgan fingerprint density at radius 1 is 0.828 bits per heavy atom. The molecule has 2 heterocycles. The lowest BCUT2D eigenvalue weighted by molar-refractivity contribution is 1.15. The van der Waals surface area contributed by atoms with Crippen molar-refractivity contribution in [2.45, 2.75) is 0 Å². The molecule has 29 heavy (non-hydrogen) atoms. The standard InChI is InChI=1S/C24H15BrN2OS/c25-19-13-11-16(12-14-19)15-20-23(28)27-22(18-9-5-2-6-10-18)21(26-24(27)29-20)17-7-3-1-4-8-17/h1-15H. The summed E-state index contributed by atoms with van der Waals surface area (Å²) in [6, 6.07) is 27.9. The maximum atomic E-state index is 13.3. The van der Waals surface area contributed by atoms with Crippen LogP contribution in [0.15, 0.2) is 94.2 Å². The minimum atomic E-state index is -0.0403. The average Bonchev–Trinajstić information content (AvgIpc) is 3.28. The van der Waals surface area contributed by atoms with E-state index in [1.165, 1.54) is 11.3 Å². The quantitative estimate of drug-likeness (QED) is 0.362. The van der Waals surface area contributed by atoms with Crippen LogP contribution in [0.4, 0.5) is 0 Å². The van der Waals surface area contributed by atoms with Crippen molar-refractivity contribution < 1.29 is 0 Å². The second-order valence-corrected chi connectivity index (χ2v) is 8.55. The molecule has 0 aliphatic heterocycles. The van der Waals surface area contributed by atoms with E-state index in [1.54, 1.807) is 4.40 Å². The molecule has 2 aromatic heterocycles. The molecule has 3 aromatic carbocycles. The average molecular weight is 459 g/mol. The molecule has 0 aliphatic carbocycles. The number of rotatable bonds is 3. The molecule has 0 spiro atoms. The monoisotopic (exact) mass is 458 g/mol. The highest BCUT2D eigenvalue weighted by Gasteiger charge is 2.19. The number of aromatic nitrogens is 2. The van der Waals surface area contributed by atoms with Crippen LogP contribution >= 0.6 is 27.3 Å². The maximum absolute atomic E-state index is 13.3. The van der Waals surface area contributed by atoms with Crippen molar-refractivity contribution in [3.63, 3.8) is 0 Å². The molecule has 0 atom stereocenters. The molecule has 0 aliphatic rings. The molecular weight excluding hydrogens is 444 g/mol. The Kier molecular flexibility index (Phi) is 4.62. The van der Waals surface area contributed by atoms with Crippen molar-refractivity contribution in [3.05, 3.63) is 110 Å². The summed E-state index contributed by atoms with van der Waals surface area (Å²) in [7, 11) is 0. The fraction of sp³-hybridized carbons (Fsp3) is 0. The van der Waals surface area contributed by atoms with E-state index in [2.05, 4.69) is 15.9 Å². The van der Waals surface area contributed by atoms with Crippen LogP contribution in [0.3, 0.4) is 0 Å². The molecule has 0 fully saturated rings. The van der Waals surface area contributed by atoms with Crippen molar-refractivity contribution in [2.24, 2.45) is 0 Å². The van der Waals surface area contributed by atoms with E-state index in [4.69, 9.17) is 4.98 Å². The predicted molar refractivity (Wildman–Crippen MR) is 123 cm³/mol. The molecule has 0 radical (unpaired) electrons. The fourth-order valence-corrected chi connectivity index (χ4v) is 4.61. The third-order valence-corrected chi connectivity index (χ3v) is 6.22. The highest BCUT2D eigenvalue weighted by Crippen LogP contribution is 2.32. The highest BCUT2D eigenvalue weighted by molar-refractivity contribution is 9.10. The lowest BCUT2D eigenvalue weighted by Crippen LogP contribution is -2.23. The van der Waals surface area contributed by atoms with Gasteiger partial charge in [-0.3, -0.25) is 4.79 Å². The molecule has 5 rings (SSSR count). The molecule has 140 valence electrons. The van der Waals surface area contributed by atoms with Crippen molar-refractivity contribution in [2.75, 3.05) is 0 Å². The van der Waals surface area contributed by atoms with Crippen LogP contribution in [0.1, 0.15) is 5.56 Å². The Labute approximate surface area is 179 Å². The number of thiazole rings is 1. The first-order chi connectivity index (χ1) is 14.2. The first-order valence-corrected chi connectivity index (χ1v) is 10.7. The van der Waals surface area contributed by atoms with Crippen molar-refractivity contribution >= 4 is 38.3 Å². The van der Waals surface area contributed by atoms with Gasteiger partial charge in [0.05, 0.1) is 15.9 Å². The van der Waals surface area contributed by atoms with Gasteiger partial charge in [-0.2, -0.15) is 0 Å². The smallest absolute Gasteiger partial charge is 0.267 e. The first-order valence-electron chi connectivity index (χ1n) is 9.14. The largest absolute Gasteiger partial charge is 0.274 e. The number of hydrogen-bond donors (Lipinski definition) is 0. The summed E-state index contributed by atoms with van der Waals surface area (Å²) in [5, 5.41) is 0. The van der Waals surface area contributed by atoms with E-state index in [0.717, 1.165) is 32.6 Å². The molecule has 5 heteroatoms. The minimum Gasteiger partial charge on any atom is -0.267 e. The summed E-state index contributed by atoms with van der Waals surface area (Å²) in [6.45, 7) is 0. The SMILES string of the molecule is O=c1c(=Cc2ccc(Br)cc2)sc2nc(-c3ccccc3)c(-c3ccccc3)n12. The van der Waals surface area contributed by atoms with Crippen molar-refractivity contribution in [3.8, 4) is 22.5 Å². The molecule has 0 saturated carbocycles. The van der Waals surface area contributed by atoms with Gasteiger partial charge in [-0.1, -0.05) is 100 Å². The van der Waals surface area contributed by atoms with Gasteiger partial charge in [0, 0.05) is 15.6 Å². The van der Waals surface area contributed by atoms with Gasteiger partial charge in [-0.15, -0.1) is 0 Å². The van der Waals surface area contributed by atoms with Crippen LogP contribution in [0.25, 0.3) is 33.6 Å². The molecular formula is C24H15BrN2OS. The van der Waals surface area contributed by atoms with E-state index >= 15 is 0 Å². The van der Waals surface area contributed by atoms with Gasteiger partial charge < -0.3 is 0 Å². The van der Waals surface area contributed by atoms with E-state index < -0.39 is 0 Å². The molecule has 0 unspecified atom stereocenters. The van der Waals surface area contributed by atoms with Crippen LogP contribution in [-0.2, 0) is 0 Å². The topological polar surface area (TPSA) is 34.4 Å². The van der Waals surface area contributed by atoms with Crippen LogP contribution in [0.2, 0.25) is 0 Å². The van der Waals surface area contributed by atoms with Gasteiger partial charge >= 0.3 is 0 Å². The summed E-state index contributed by atoms with van der Waals surface area (Å²) in [5.41, 5.74) is 4.59. The lowest BCUT2D eigenvalue weighted by atomic mass is 10.1. The third kappa shape index (κ3) is 3.33. The molecule has 0 saturated heterocycles. The van der Waals surface area contributed by atoms with Crippen LogP contribution in [-0.4, -0.2) is 9.38 Å². The van der Waals surface area contributed by atoms with E-state index in [0.29, 0.717) is 9.49 Å². The first kappa shape index (κ1) is 18.0. The number of halogens is 1. The molecule has 0 bridgehead atoms. The Hall–Kier alpha value is -3.02. The van der Waals surface area contributed by atoms with E-state index in [9.17, 15) is 4.79 Å². The maximum Gasteiger partial charge on any atom is 0.274 e. The van der Waals surface area contributed by atoms with Crippen molar-refractivity contribution in [1.29, 1.82) is 0 Å². The van der Waals surface area contributed by atoms with Gasteiger partial charge in [0.2, 0.25) is 0 Å². The van der Waals surface area contributed by atoms with Crippen LogP contribution < -0.4 is 10.1 Å². The Balaban J connectivity index is 1.79.